The Labute approximate surface area is 85.5 Å². The summed E-state index contributed by atoms with van der Waals surface area (Å²) < 4.78 is 1.60. The van der Waals surface area contributed by atoms with E-state index >= 15 is 0 Å². The number of rotatable bonds is 2. The van der Waals surface area contributed by atoms with Crippen LogP contribution in [0.3, 0.4) is 0 Å². The van der Waals surface area contributed by atoms with Crippen molar-refractivity contribution in [3.8, 4) is 0 Å². The molecule has 1 aromatic rings. The van der Waals surface area contributed by atoms with E-state index < -0.39 is 18.4 Å². The quantitative estimate of drug-likeness (QED) is 0.730. The third kappa shape index (κ3) is 3.18. The van der Waals surface area contributed by atoms with Crippen LogP contribution in [0, 0.1) is 0 Å². The summed E-state index contributed by atoms with van der Waals surface area (Å²) in [7, 11) is 0. The van der Waals surface area contributed by atoms with Crippen molar-refractivity contribution in [2.45, 2.75) is 21.7 Å². The van der Waals surface area contributed by atoms with E-state index in [0.29, 0.717) is 0 Å². The molecule has 0 nitrogen and oxygen atoms in total. The van der Waals surface area contributed by atoms with E-state index in [2.05, 4.69) is 58.2 Å². The summed E-state index contributed by atoms with van der Waals surface area (Å²) in [5, 5.41) is 0. The van der Waals surface area contributed by atoms with Gasteiger partial charge in [-0.15, -0.1) is 0 Å². The minimum absolute atomic E-state index is 1.31. The molecule has 0 aliphatic heterocycles. The monoisotopic (exact) mass is 282 g/mol. The van der Waals surface area contributed by atoms with Crippen molar-refractivity contribution in [1.29, 1.82) is 0 Å². The van der Waals surface area contributed by atoms with Gasteiger partial charge in [-0.05, 0) is 0 Å². The van der Waals surface area contributed by atoms with E-state index in [1.807, 2.05) is 0 Å². The summed E-state index contributed by atoms with van der Waals surface area (Å²) in [5.74, 6) is 0. The van der Waals surface area contributed by atoms with Crippen LogP contribution in [0.5, 0.6) is 0 Å². The fourth-order valence-electron chi connectivity index (χ4n) is 1.29. The molecule has 13 heavy (non-hydrogen) atoms. The molecule has 0 radical (unpaired) electrons. The first-order valence-corrected chi connectivity index (χ1v) is 14.8. The molecule has 1 aromatic carbocycles. The van der Waals surface area contributed by atoms with Crippen molar-refractivity contribution < 1.29 is 0 Å². The van der Waals surface area contributed by atoms with Crippen molar-refractivity contribution >= 4 is 28.0 Å². The molecule has 0 bridgehead atoms. The first kappa shape index (κ1) is 10.8. The molecule has 0 aliphatic carbocycles. The summed E-state index contributed by atoms with van der Waals surface area (Å²) >= 11 is -1.80. The van der Waals surface area contributed by atoms with Crippen LogP contribution in [0.25, 0.3) is 6.08 Å². The van der Waals surface area contributed by atoms with Crippen LogP contribution in [0.15, 0.2) is 30.3 Å². The SMILES string of the molecule is C/C=C/c1cc[c]([Sn]([CH3])([CH3])[CH3])cc1. The summed E-state index contributed by atoms with van der Waals surface area (Å²) in [4.78, 5) is 7.33. The van der Waals surface area contributed by atoms with Crippen molar-refractivity contribution in [1.82, 2.24) is 0 Å². The molecule has 70 valence electrons. The van der Waals surface area contributed by atoms with E-state index in [0.717, 1.165) is 0 Å². The summed E-state index contributed by atoms with van der Waals surface area (Å²) in [6.07, 6.45) is 4.22. The zero-order valence-corrected chi connectivity index (χ0v) is 11.8. The molecule has 0 atom stereocenters. The van der Waals surface area contributed by atoms with Crippen molar-refractivity contribution in [2.24, 2.45) is 0 Å². The van der Waals surface area contributed by atoms with Gasteiger partial charge in [0.15, 0.2) is 0 Å². The van der Waals surface area contributed by atoms with E-state index in [4.69, 9.17) is 0 Å². The zero-order valence-electron chi connectivity index (χ0n) is 8.96. The Morgan fingerprint density at radius 3 is 1.92 bits per heavy atom. The normalized spacial score (nSPS) is 12.3. The van der Waals surface area contributed by atoms with Gasteiger partial charge < -0.3 is 0 Å². The van der Waals surface area contributed by atoms with Crippen molar-refractivity contribution in [2.75, 3.05) is 0 Å². The maximum atomic E-state index is 2.44. The van der Waals surface area contributed by atoms with Crippen LogP contribution in [-0.4, -0.2) is 18.4 Å². The second-order valence-corrected chi connectivity index (χ2v) is 18.9. The van der Waals surface area contributed by atoms with Crippen molar-refractivity contribution in [3.05, 3.63) is 35.9 Å². The molecule has 0 amide bonds. The average Bonchev–Trinajstić information content (AvgIpc) is 2.04. The van der Waals surface area contributed by atoms with Gasteiger partial charge in [0.2, 0.25) is 0 Å². The molecular formula is C12H18Sn. The number of hydrogen-bond donors (Lipinski definition) is 0. The number of hydrogen-bond acceptors (Lipinski definition) is 0. The van der Waals surface area contributed by atoms with Gasteiger partial charge in [0.05, 0.1) is 0 Å². The third-order valence-corrected chi connectivity index (χ3v) is 8.03. The van der Waals surface area contributed by atoms with Crippen LogP contribution in [0.4, 0.5) is 0 Å². The van der Waals surface area contributed by atoms with Gasteiger partial charge in [-0.2, -0.15) is 0 Å². The Morgan fingerprint density at radius 1 is 1.00 bits per heavy atom. The molecule has 0 unspecified atom stereocenters. The molecule has 0 spiro atoms. The summed E-state index contributed by atoms with van der Waals surface area (Å²) in [6.45, 7) is 2.05. The van der Waals surface area contributed by atoms with E-state index in [1.54, 1.807) is 3.58 Å². The van der Waals surface area contributed by atoms with Gasteiger partial charge in [0.25, 0.3) is 0 Å². The van der Waals surface area contributed by atoms with E-state index in [9.17, 15) is 0 Å². The standard InChI is InChI=1S/C9H9.3CH3.Sn/c1-2-6-9-7-4-3-5-8-9;;;;/h2,4-8H,1H3;3*1H3;/b6-2+;;;;. The molecule has 0 saturated heterocycles. The molecule has 0 heterocycles. The van der Waals surface area contributed by atoms with Gasteiger partial charge in [0, 0.05) is 0 Å². The van der Waals surface area contributed by atoms with Gasteiger partial charge in [-0.1, -0.05) is 0 Å². The maximum absolute atomic E-state index is 2.44. The molecule has 1 rings (SSSR count). The fourth-order valence-corrected chi connectivity index (χ4v) is 4.62. The van der Waals surface area contributed by atoms with E-state index in [-0.39, 0.29) is 0 Å². The van der Waals surface area contributed by atoms with Crippen LogP contribution in [0.1, 0.15) is 12.5 Å². The second-order valence-electron chi connectivity index (χ2n) is 4.37. The van der Waals surface area contributed by atoms with Crippen LogP contribution < -0.4 is 3.58 Å². The van der Waals surface area contributed by atoms with E-state index in [1.165, 1.54) is 5.56 Å². The number of benzene rings is 1. The Balaban J connectivity index is 2.94. The first-order chi connectivity index (χ1) is 6.04. The Hall–Kier alpha value is -0.241. The van der Waals surface area contributed by atoms with Gasteiger partial charge in [-0.3, -0.25) is 0 Å². The molecule has 0 aliphatic rings. The second kappa shape index (κ2) is 4.32. The molecule has 0 fully saturated rings. The molecule has 0 N–H and O–H groups in total. The average molecular weight is 281 g/mol. The molecule has 0 saturated carbocycles. The van der Waals surface area contributed by atoms with Crippen LogP contribution in [-0.2, 0) is 0 Å². The van der Waals surface area contributed by atoms with Crippen LogP contribution in [0.2, 0.25) is 14.8 Å². The molecule has 0 aromatic heterocycles. The predicted octanol–water partition coefficient (Wildman–Crippen LogP) is 3.26. The minimum atomic E-state index is -1.80. The van der Waals surface area contributed by atoms with Crippen LogP contribution >= 0.6 is 0 Å². The zero-order chi connectivity index (χ0) is 9.90. The summed E-state index contributed by atoms with van der Waals surface area (Å²) in [5.41, 5.74) is 1.31. The summed E-state index contributed by atoms with van der Waals surface area (Å²) in [6, 6.07) is 9.03. The topological polar surface area (TPSA) is 0 Å². The first-order valence-electron chi connectivity index (χ1n) is 4.77. The molecular weight excluding hydrogens is 263 g/mol. The Morgan fingerprint density at radius 2 is 1.54 bits per heavy atom. The van der Waals surface area contributed by atoms with Gasteiger partial charge in [-0.25, -0.2) is 0 Å². The predicted molar refractivity (Wildman–Crippen MR) is 64.1 cm³/mol. The van der Waals surface area contributed by atoms with Gasteiger partial charge in [0.1, 0.15) is 0 Å². The molecule has 1 heteroatoms. The fraction of sp³-hybridized carbons (Fsp3) is 0.333. The Kier molecular flexibility index (Phi) is 3.60. The number of allylic oxidation sites excluding steroid dienone is 1. The van der Waals surface area contributed by atoms with Crippen molar-refractivity contribution in [3.63, 3.8) is 0 Å². The Bertz CT molecular complexity index is 288. The third-order valence-electron chi connectivity index (χ3n) is 2.14. The van der Waals surface area contributed by atoms with Gasteiger partial charge >= 0.3 is 85.7 Å².